The third-order valence-electron chi connectivity index (χ3n) is 11.2. The average molecular weight is 687 g/mol. The molecule has 0 bridgehead atoms. The van der Waals surface area contributed by atoms with Crippen LogP contribution >= 0.6 is 11.8 Å². The van der Waals surface area contributed by atoms with Gasteiger partial charge in [0.05, 0.1) is 17.0 Å². The van der Waals surface area contributed by atoms with E-state index < -0.39 is 5.41 Å². The van der Waals surface area contributed by atoms with Gasteiger partial charge in [-0.3, -0.25) is 0 Å². The van der Waals surface area contributed by atoms with Crippen LogP contribution in [-0.4, -0.2) is 20.2 Å². The number of hydrogen-bond donors (Lipinski definition) is 0. The Labute approximate surface area is 308 Å². The van der Waals surface area contributed by atoms with E-state index in [9.17, 15) is 5.26 Å². The van der Waals surface area contributed by atoms with Crippen molar-refractivity contribution in [1.82, 2.24) is 15.0 Å². The summed E-state index contributed by atoms with van der Waals surface area (Å²) in [5.41, 5.74) is 12.3. The highest BCUT2D eigenvalue weighted by Crippen LogP contribution is 2.64. The number of nitriles is 1. The summed E-state index contributed by atoms with van der Waals surface area (Å²) in [6, 6.07) is 43.3. The van der Waals surface area contributed by atoms with Crippen LogP contribution in [0.4, 0.5) is 0 Å². The molecule has 3 unspecified atom stereocenters. The van der Waals surface area contributed by atoms with E-state index in [2.05, 4.69) is 121 Å². The number of thioether (sulfide) groups is 1. The first-order valence-electron chi connectivity index (χ1n) is 18.1. The van der Waals surface area contributed by atoms with Crippen molar-refractivity contribution < 1.29 is 0 Å². The van der Waals surface area contributed by atoms with E-state index in [1.807, 2.05) is 42.1 Å². The molecule has 5 heteroatoms. The molecule has 0 saturated carbocycles. The van der Waals surface area contributed by atoms with Gasteiger partial charge >= 0.3 is 0 Å². The van der Waals surface area contributed by atoms with Gasteiger partial charge in [0.2, 0.25) is 0 Å². The van der Waals surface area contributed by atoms with Crippen molar-refractivity contribution in [3.8, 4) is 51.1 Å². The third kappa shape index (κ3) is 4.86. The molecule has 0 fully saturated rings. The molecule has 3 aliphatic carbocycles. The van der Waals surface area contributed by atoms with E-state index in [0.717, 1.165) is 65.4 Å². The largest absolute Gasteiger partial charge is 0.213 e. The zero-order valence-corrected chi connectivity index (χ0v) is 29.4. The maximum Gasteiger partial charge on any atom is 0.163 e. The highest BCUT2D eigenvalue weighted by molar-refractivity contribution is 8.00. The molecule has 1 spiro atoms. The number of benzene rings is 5. The van der Waals surface area contributed by atoms with E-state index in [0.29, 0.717) is 10.8 Å². The second-order valence-corrected chi connectivity index (χ2v) is 15.3. The van der Waals surface area contributed by atoms with Gasteiger partial charge in [0.1, 0.15) is 5.82 Å². The maximum atomic E-state index is 9.48. The Kier molecular flexibility index (Phi) is 7.40. The first kappa shape index (κ1) is 30.9. The van der Waals surface area contributed by atoms with Gasteiger partial charge in [0.25, 0.3) is 0 Å². The SMILES string of the molecule is N#Cc1ccc(-c2ccc3c(c2)C2(C4=CC=CCC4Sc4ccc(-c5nc(-c6ccccc6)nc(C6CC=CCC6)n5)cc42)c2ccccc2-3)cc1. The Hall–Kier alpha value is -5.83. The summed E-state index contributed by atoms with van der Waals surface area (Å²) in [5, 5.41) is 9.79. The van der Waals surface area contributed by atoms with Gasteiger partial charge in [-0.1, -0.05) is 115 Å². The summed E-state index contributed by atoms with van der Waals surface area (Å²) >= 11 is 1.97. The molecule has 0 N–H and O–H groups in total. The molecule has 6 aromatic rings. The summed E-state index contributed by atoms with van der Waals surface area (Å²) in [6.07, 6.45) is 15.5. The lowest BCUT2D eigenvalue weighted by atomic mass is 9.64. The van der Waals surface area contributed by atoms with Gasteiger partial charge in [0.15, 0.2) is 11.6 Å². The van der Waals surface area contributed by atoms with Gasteiger partial charge in [-0.25, -0.2) is 15.0 Å². The molecule has 1 aromatic heterocycles. The summed E-state index contributed by atoms with van der Waals surface area (Å²) in [7, 11) is 0. The molecule has 3 atom stereocenters. The van der Waals surface area contributed by atoms with Crippen LogP contribution in [0.25, 0.3) is 45.0 Å². The maximum absolute atomic E-state index is 9.48. The number of fused-ring (bicyclic) bond motifs is 9. The van der Waals surface area contributed by atoms with Gasteiger partial charge in [-0.2, -0.15) is 5.26 Å². The number of allylic oxidation sites excluding steroid dienone is 5. The Morgan fingerprint density at radius 2 is 1.38 bits per heavy atom. The first-order chi connectivity index (χ1) is 25.7. The van der Waals surface area contributed by atoms with E-state index in [1.54, 1.807) is 0 Å². The van der Waals surface area contributed by atoms with Crippen molar-refractivity contribution in [3.63, 3.8) is 0 Å². The lowest BCUT2D eigenvalue weighted by Crippen LogP contribution is -2.38. The van der Waals surface area contributed by atoms with Gasteiger partial charge < -0.3 is 0 Å². The third-order valence-corrected chi connectivity index (χ3v) is 12.5. The van der Waals surface area contributed by atoms with Crippen LogP contribution in [-0.2, 0) is 5.41 Å². The molecule has 0 radical (unpaired) electrons. The number of nitrogens with zero attached hydrogens (tertiary/aromatic N) is 4. The molecular formula is C47H34N4S. The van der Waals surface area contributed by atoms with Crippen LogP contribution in [0.1, 0.15) is 59.7 Å². The standard InChI is InChI=1S/C47H34N4S/c48-29-30-19-21-31(22-20-30)34-23-25-37-36-15-7-8-16-38(36)47(40(37)27-34)39-17-9-10-18-42(39)52-43-26-24-35(28-41(43)47)46-50-44(32-11-3-1-4-12-32)49-45(51-46)33-13-5-2-6-14-33/h1-5,7-12,15-17,19-28,33,42H,6,13-14,18H2. The second kappa shape index (κ2) is 12.4. The summed E-state index contributed by atoms with van der Waals surface area (Å²) in [5.74, 6) is 2.58. The molecule has 52 heavy (non-hydrogen) atoms. The summed E-state index contributed by atoms with van der Waals surface area (Å²) in [4.78, 5) is 16.8. The molecule has 1 aliphatic heterocycles. The van der Waals surface area contributed by atoms with Crippen molar-refractivity contribution in [2.45, 2.75) is 47.2 Å². The Bertz CT molecular complexity index is 2520. The molecule has 0 saturated heterocycles. The van der Waals surface area contributed by atoms with E-state index in [4.69, 9.17) is 15.0 Å². The van der Waals surface area contributed by atoms with Gasteiger partial charge in [0, 0.05) is 27.2 Å². The van der Waals surface area contributed by atoms with Crippen LogP contribution in [0.5, 0.6) is 0 Å². The fraction of sp³-hybridized carbons (Fsp3) is 0.149. The normalized spacial score (nSPS) is 20.7. The van der Waals surface area contributed by atoms with Gasteiger partial charge in [-0.05, 0) is 101 Å². The predicted molar refractivity (Wildman–Crippen MR) is 210 cm³/mol. The number of rotatable bonds is 4. The molecule has 2 heterocycles. The minimum Gasteiger partial charge on any atom is -0.213 e. The Balaban J connectivity index is 1.22. The van der Waals surface area contributed by atoms with Crippen molar-refractivity contribution in [2.75, 3.05) is 0 Å². The molecule has 248 valence electrons. The topological polar surface area (TPSA) is 62.5 Å². The Morgan fingerprint density at radius 3 is 2.21 bits per heavy atom. The average Bonchev–Trinajstić information content (AvgIpc) is 3.51. The highest BCUT2D eigenvalue weighted by atomic mass is 32.2. The minimum absolute atomic E-state index is 0.267. The first-order valence-corrected chi connectivity index (χ1v) is 19.0. The van der Waals surface area contributed by atoms with Crippen LogP contribution in [0.15, 0.2) is 156 Å². The fourth-order valence-corrected chi connectivity index (χ4v) is 10.1. The summed E-state index contributed by atoms with van der Waals surface area (Å²) in [6.45, 7) is 0. The van der Waals surface area contributed by atoms with Crippen LogP contribution in [0, 0.1) is 11.3 Å². The number of aromatic nitrogens is 3. The molecule has 5 aromatic carbocycles. The van der Waals surface area contributed by atoms with Crippen LogP contribution < -0.4 is 0 Å². The summed E-state index contributed by atoms with van der Waals surface area (Å²) < 4.78 is 0. The predicted octanol–water partition coefficient (Wildman–Crippen LogP) is 11.2. The number of hydrogen-bond acceptors (Lipinski definition) is 5. The van der Waals surface area contributed by atoms with E-state index in [-0.39, 0.29) is 5.92 Å². The molecule has 4 aliphatic rings. The molecular weight excluding hydrogens is 653 g/mol. The molecule has 4 nitrogen and oxygen atoms in total. The monoisotopic (exact) mass is 686 g/mol. The lowest BCUT2D eigenvalue weighted by Gasteiger charge is -2.45. The van der Waals surface area contributed by atoms with Crippen molar-refractivity contribution in [3.05, 3.63) is 179 Å². The fourth-order valence-electron chi connectivity index (χ4n) is 8.71. The van der Waals surface area contributed by atoms with E-state index >= 15 is 0 Å². The van der Waals surface area contributed by atoms with Gasteiger partial charge in [-0.15, -0.1) is 11.8 Å². The van der Waals surface area contributed by atoms with E-state index in [1.165, 1.54) is 38.3 Å². The smallest absolute Gasteiger partial charge is 0.163 e. The zero-order valence-electron chi connectivity index (χ0n) is 28.5. The van der Waals surface area contributed by atoms with Crippen molar-refractivity contribution in [2.24, 2.45) is 0 Å². The zero-order chi connectivity index (χ0) is 34.6. The van der Waals surface area contributed by atoms with Crippen molar-refractivity contribution >= 4 is 11.8 Å². The van der Waals surface area contributed by atoms with Crippen LogP contribution in [0.3, 0.4) is 0 Å². The second-order valence-electron chi connectivity index (χ2n) is 14.0. The quantitative estimate of drug-likeness (QED) is 0.173. The van der Waals surface area contributed by atoms with Crippen molar-refractivity contribution in [1.29, 1.82) is 5.26 Å². The van der Waals surface area contributed by atoms with Crippen LogP contribution in [0.2, 0.25) is 0 Å². The lowest BCUT2D eigenvalue weighted by molar-refractivity contribution is 0.581. The highest BCUT2D eigenvalue weighted by Gasteiger charge is 2.53. The Morgan fingerprint density at radius 1 is 0.635 bits per heavy atom. The molecule has 10 rings (SSSR count). The minimum atomic E-state index is -0.493. The molecule has 0 amide bonds.